The number of amides is 1. The van der Waals surface area contributed by atoms with Crippen LogP contribution in [-0.2, 0) is 26.5 Å². The van der Waals surface area contributed by atoms with Crippen LogP contribution >= 0.6 is 23.2 Å². The fourth-order valence-electron chi connectivity index (χ4n) is 5.23. The quantitative estimate of drug-likeness (QED) is 0.283. The maximum Gasteiger partial charge on any atom is 0.306 e. The lowest BCUT2D eigenvalue weighted by molar-refractivity contribution is -0.145. The first kappa shape index (κ1) is 28.2. The second-order valence-electron chi connectivity index (χ2n) is 9.98. The Morgan fingerprint density at radius 2 is 1.61 bits per heavy atom. The molecule has 3 aromatic carbocycles. The molecule has 1 unspecified atom stereocenters. The van der Waals surface area contributed by atoms with Crippen molar-refractivity contribution in [2.75, 3.05) is 19.6 Å². The molecule has 0 radical (unpaired) electrons. The predicted molar refractivity (Wildman–Crippen MR) is 152 cm³/mol. The SMILES string of the molecule is CC(=O)NC1(c2ccccc2)CCN(CCC(CC(=O)OCc2ccccc2)c2ccc(Cl)c(Cl)c2)CC1. The van der Waals surface area contributed by atoms with Crippen molar-refractivity contribution in [3.63, 3.8) is 0 Å². The fourth-order valence-corrected chi connectivity index (χ4v) is 5.53. The number of carbonyl (C=O) groups is 2. The number of esters is 1. The number of benzene rings is 3. The fraction of sp³-hybridized carbons (Fsp3) is 0.355. The number of hydrogen-bond acceptors (Lipinski definition) is 4. The van der Waals surface area contributed by atoms with Gasteiger partial charge in [-0.2, -0.15) is 0 Å². The Labute approximate surface area is 235 Å². The minimum absolute atomic E-state index is 0.0176. The molecule has 1 heterocycles. The van der Waals surface area contributed by atoms with Crippen LogP contribution in [0.2, 0.25) is 10.0 Å². The lowest BCUT2D eigenvalue weighted by Crippen LogP contribution is -2.52. The van der Waals surface area contributed by atoms with Gasteiger partial charge in [0.2, 0.25) is 5.91 Å². The van der Waals surface area contributed by atoms with Crippen LogP contribution in [0.1, 0.15) is 55.2 Å². The average molecular weight is 554 g/mol. The minimum Gasteiger partial charge on any atom is -0.461 e. The van der Waals surface area contributed by atoms with E-state index in [9.17, 15) is 9.59 Å². The molecule has 1 fully saturated rings. The van der Waals surface area contributed by atoms with Gasteiger partial charge >= 0.3 is 5.97 Å². The van der Waals surface area contributed by atoms with Crippen LogP contribution in [0.3, 0.4) is 0 Å². The molecule has 38 heavy (non-hydrogen) atoms. The van der Waals surface area contributed by atoms with Gasteiger partial charge in [0.05, 0.1) is 22.0 Å². The molecule has 1 aliphatic rings. The molecule has 200 valence electrons. The van der Waals surface area contributed by atoms with Crippen molar-refractivity contribution in [3.8, 4) is 0 Å². The van der Waals surface area contributed by atoms with Crippen molar-refractivity contribution in [2.24, 2.45) is 0 Å². The van der Waals surface area contributed by atoms with Gasteiger partial charge in [-0.1, -0.05) is 89.9 Å². The van der Waals surface area contributed by atoms with Gasteiger partial charge in [-0.25, -0.2) is 0 Å². The molecule has 4 rings (SSSR count). The van der Waals surface area contributed by atoms with Crippen molar-refractivity contribution in [3.05, 3.63) is 106 Å². The summed E-state index contributed by atoms with van der Waals surface area (Å²) in [5.74, 6) is -0.308. The summed E-state index contributed by atoms with van der Waals surface area (Å²) in [6, 6.07) is 25.5. The van der Waals surface area contributed by atoms with Gasteiger partial charge in [-0.15, -0.1) is 0 Å². The summed E-state index contributed by atoms with van der Waals surface area (Å²) in [7, 11) is 0. The lowest BCUT2D eigenvalue weighted by Gasteiger charge is -2.43. The van der Waals surface area contributed by atoms with Crippen LogP contribution in [0.15, 0.2) is 78.9 Å². The van der Waals surface area contributed by atoms with Crippen LogP contribution < -0.4 is 5.32 Å². The van der Waals surface area contributed by atoms with E-state index in [0.29, 0.717) is 10.0 Å². The van der Waals surface area contributed by atoms with Crippen LogP contribution in [0.4, 0.5) is 0 Å². The first-order valence-electron chi connectivity index (χ1n) is 13.1. The molecular weight excluding hydrogens is 519 g/mol. The number of rotatable bonds is 10. The molecule has 1 saturated heterocycles. The maximum absolute atomic E-state index is 12.8. The minimum atomic E-state index is -0.353. The van der Waals surface area contributed by atoms with Gasteiger partial charge < -0.3 is 15.0 Å². The Bertz CT molecular complexity index is 1210. The summed E-state index contributed by atoms with van der Waals surface area (Å²) < 4.78 is 5.59. The van der Waals surface area contributed by atoms with Crippen LogP contribution in [0.25, 0.3) is 0 Å². The number of ether oxygens (including phenoxy) is 1. The third kappa shape index (κ3) is 7.59. The van der Waals surface area contributed by atoms with Crippen molar-refractivity contribution in [1.29, 1.82) is 0 Å². The highest BCUT2D eigenvalue weighted by atomic mass is 35.5. The van der Waals surface area contributed by atoms with E-state index in [1.54, 1.807) is 13.0 Å². The van der Waals surface area contributed by atoms with E-state index in [1.165, 1.54) is 0 Å². The number of carbonyl (C=O) groups excluding carboxylic acids is 2. The molecular formula is C31H34Cl2N2O3. The molecule has 5 nitrogen and oxygen atoms in total. The molecule has 7 heteroatoms. The topological polar surface area (TPSA) is 58.6 Å². The van der Waals surface area contributed by atoms with Crippen LogP contribution in [-0.4, -0.2) is 36.4 Å². The monoisotopic (exact) mass is 552 g/mol. The molecule has 0 aromatic heterocycles. The summed E-state index contributed by atoms with van der Waals surface area (Å²) in [6.07, 6.45) is 2.69. The normalized spacial score (nSPS) is 16.0. The summed E-state index contributed by atoms with van der Waals surface area (Å²) in [5, 5.41) is 4.21. The molecule has 0 bridgehead atoms. The Morgan fingerprint density at radius 1 is 0.947 bits per heavy atom. The van der Waals surface area contributed by atoms with E-state index in [-0.39, 0.29) is 36.4 Å². The number of halogens is 2. The predicted octanol–water partition coefficient (Wildman–Crippen LogP) is 6.73. The largest absolute Gasteiger partial charge is 0.461 e. The Kier molecular flexibility index (Phi) is 9.84. The second kappa shape index (κ2) is 13.3. The van der Waals surface area contributed by atoms with E-state index < -0.39 is 0 Å². The van der Waals surface area contributed by atoms with Gasteiger partial charge in [0.15, 0.2) is 0 Å². The first-order chi connectivity index (χ1) is 18.3. The number of nitrogens with zero attached hydrogens (tertiary/aromatic N) is 1. The first-order valence-corrected chi connectivity index (χ1v) is 13.8. The highest BCUT2D eigenvalue weighted by Crippen LogP contribution is 2.35. The number of piperidine rings is 1. The van der Waals surface area contributed by atoms with Crippen molar-refractivity contribution >= 4 is 35.1 Å². The highest BCUT2D eigenvalue weighted by Gasteiger charge is 2.37. The van der Waals surface area contributed by atoms with E-state index in [4.69, 9.17) is 27.9 Å². The third-order valence-electron chi connectivity index (χ3n) is 7.32. The summed E-state index contributed by atoms with van der Waals surface area (Å²) in [5.41, 5.74) is 2.73. The molecule has 1 aliphatic heterocycles. The van der Waals surface area contributed by atoms with E-state index in [1.807, 2.05) is 60.7 Å². The Morgan fingerprint density at radius 3 is 2.24 bits per heavy atom. The highest BCUT2D eigenvalue weighted by molar-refractivity contribution is 6.42. The summed E-state index contributed by atoms with van der Waals surface area (Å²) >= 11 is 12.5. The standard InChI is InChI=1S/C31H34Cl2N2O3/c1-23(36)34-31(27-10-6-3-7-11-27)15-18-35(19-16-31)17-14-26(25-12-13-28(32)29(33)20-25)21-30(37)38-22-24-8-4-2-5-9-24/h2-13,20,26H,14-19,21-22H2,1H3,(H,34,36). The lowest BCUT2D eigenvalue weighted by atomic mass is 9.80. The number of hydrogen-bond donors (Lipinski definition) is 1. The zero-order valence-corrected chi connectivity index (χ0v) is 23.2. The van der Waals surface area contributed by atoms with E-state index in [2.05, 4.69) is 22.3 Å². The van der Waals surface area contributed by atoms with Gasteiger partial charge in [-0.3, -0.25) is 9.59 Å². The van der Waals surface area contributed by atoms with Crippen LogP contribution in [0, 0.1) is 0 Å². The molecule has 1 N–H and O–H groups in total. The van der Waals surface area contributed by atoms with Gasteiger partial charge in [0, 0.05) is 20.0 Å². The molecule has 0 spiro atoms. The Hall–Kier alpha value is -2.86. The molecule has 1 atom stereocenters. The van der Waals surface area contributed by atoms with Gasteiger partial charge in [-0.05, 0) is 60.5 Å². The van der Waals surface area contributed by atoms with E-state index >= 15 is 0 Å². The zero-order chi connectivity index (χ0) is 27.0. The van der Waals surface area contributed by atoms with Crippen molar-refractivity contribution < 1.29 is 14.3 Å². The van der Waals surface area contributed by atoms with Crippen molar-refractivity contribution in [2.45, 2.75) is 50.7 Å². The number of likely N-dealkylation sites (tertiary alicyclic amines) is 1. The zero-order valence-electron chi connectivity index (χ0n) is 21.7. The van der Waals surface area contributed by atoms with Crippen LogP contribution in [0.5, 0.6) is 0 Å². The number of nitrogens with one attached hydrogen (secondary N) is 1. The average Bonchev–Trinajstić information content (AvgIpc) is 2.93. The molecule has 0 aliphatic carbocycles. The summed E-state index contributed by atoms with van der Waals surface area (Å²) in [4.78, 5) is 27.3. The molecule has 3 aromatic rings. The van der Waals surface area contributed by atoms with E-state index in [0.717, 1.165) is 55.6 Å². The smallest absolute Gasteiger partial charge is 0.306 e. The van der Waals surface area contributed by atoms with Gasteiger partial charge in [0.1, 0.15) is 6.61 Å². The van der Waals surface area contributed by atoms with Gasteiger partial charge in [0.25, 0.3) is 0 Å². The Balaban J connectivity index is 1.40. The third-order valence-corrected chi connectivity index (χ3v) is 8.05. The molecule has 0 saturated carbocycles. The second-order valence-corrected chi connectivity index (χ2v) is 10.8. The molecule has 1 amide bonds. The maximum atomic E-state index is 12.8. The summed E-state index contributed by atoms with van der Waals surface area (Å²) in [6.45, 7) is 4.35. The van der Waals surface area contributed by atoms with Crippen molar-refractivity contribution in [1.82, 2.24) is 10.2 Å².